The molecular weight excluding hydrogens is 272 g/mol. The Morgan fingerprint density at radius 1 is 1.28 bits per heavy atom. The summed E-state index contributed by atoms with van der Waals surface area (Å²) in [6.07, 6.45) is 4.76. The Balaban J connectivity index is 1.81. The molecule has 100 valence electrons. The molecule has 2 atom stereocenters. The van der Waals surface area contributed by atoms with Crippen LogP contribution < -0.4 is 5.32 Å². The van der Waals surface area contributed by atoms with E-state index in [9.17, 15) is 4.39 Å². The van der Waals surface area contributed by atoms with E-state index in [1.54, 1.807) is 12.1 Å². The minimum absolute atomic E-state index is 0.249. The highest BCUT2D eigenvalue weighted by Gasteiger charge is 2.22. The van der Waals surface area contributed by atoms with Crippen LogP contribution in [0.4, 0.5) is 4.39 Å². The highest BCUT2D eigenvalue weighted by Crippen LogP contribution is 2.28. The van der Waals surface area contributed by atoms with Gasteiger partial charge >= 0.3 is 0 Å². The van der Waals surface area contributed by atoms with Crippen molar-refractivity contribution in [2.45, 2.75) is 37.6 Å². The monoisotopic (exact) mass is 289 g/mol. The fourth-order valence-corrected chi connectivity index (χ4v) is 2.98. The van der Waals surface area contributed by atoms with Crippen LogP contribution in [0.25, 0.3) is 0 Å². The molecule has 0 radical (unpaired) electrons. The van der Waals surface area contributed by atoms with Crippen LogP contribution in [0.3, 0.4) is 0 Å². The van der Waals surface area contributed by atoms with E-state index in [1.807, 2.05) is 0 Å². The Bertz CT molecular complexity index is 397. The lowest BCUT2D eigenvalue weighted by molar-refractivity contribution is 0.347. The van der Waals surface area contributed by atoms with Gasteiger partial charge in [0.15, 0.2) is 0 Å². The maximum absolute atomic E-state index is 13.5. The smallest absolute Gasteiger partial charge is 0.129 e. The number of halogens is 3. The molecule has 1 aromatic carbocycles. The average molecular weight is 290 g/mol. The van der Waals surface area contributed by atoms with Crippen LogP contribution in [-0.2, 0) is 6.54 Å². The fourth-order valence-electron chi connectivity index (χ4n) is 2.45. The second-order valence-corrected chi connectivity index (χ2v) is 5.92. The van der Waals surface area contributed by atoms with Gasteiger partial charge in [0.2, 0.25) is 0 Å². The van der Waals surface area contributed by atoms with Gasteiger partial charge in [-0.05, 0) is 37.4 Å². The van der Waals surface area contributed by atoms with Crippen LogP contribution >= 0.6 is 23.2 Å². The molecule has 1 aliphatic rings. The number of hydrogen-bond donors (Lipinski definition) is 1. The van der Waals surface area contributed by atoms with Gasteiger partial charge in [0.1, 0.15) is 5.82 Å². The van der Waals surface area contributed by atoms with Gasteiger partial charge in [0.05, 0.1) is 0 Å². The summed E-state index contributed by atoms with van der Waals surface area (Å²) >= 11 is 12.0. The summed E-state index contributed by atoms with van der Waals surface area (Å²) in [6.45, 7) is 1.39. The highest BCUT2D eigenvalue weighted by molar-refractivity contribution is 6.30. The molecule has 1 nitrogen and oxygen atoms in total. The lowest BCUT2D eigenvalue weighted by atomic mass is 9.89. The summed E-state index contributed by atoms with van der Waals surface area (Å²) < 4.78 is 13.5. The first-order valence-corrected chi connectivity index (χ1v) is 7.27. The van der Waals surface area contributed by atoms with Crippen molar-refractivity contribution in [3.8, 4) is 0 Å². The van der Waals surface area contributed by atoms with Crippen LogP contribution in [0, 0.1) is 11.7 Å². The first-order chi connectivity index (χ1) is 8.66. The Hall–Kier alpha value is -0.310. The molecule has 2 unspecified atom stereocenters. The maximum Gasteiger partial charge on any atom is 0.129 e. The van der Waals surface area contributed by atoms with Crippen LogP contribution in [-0.4, -0.2) is 11.9 Å². The zero-order valence-corrected chi connectivity index (χ0v) is 11.8. The molecule has 4 heteroatoms. The lowest BCUT2D eigenvalue weighted by Crippen LogP contribution is -2.31. The average Bonchev–Trinajstić information content (AvgIpc) is 2.34. The van der Waals surface area contributed by atoms with E-state index in [4.69, 9.17) is 23.2 Å². The molecule has 0 bridgehead atoms. The second kappa shape index (κ2) is 6.74. The number of nitrogens with one attached hydrogen (secondary N) is 1. The normalized spacial score (nSPS) is 24.2. The molecule has 1 N–H and O–H groups in total. The quantitative estimate of drug-likeness (QED) is 0.812. The molecule has 0 heterocycles. The molecule has 0 aliphatic heterocycles. The summed E-state index contributed by atoms with van der Waals surface area (Å²) in [4.78, 5) is 0. The Morgan fingerprint density at radius 3 is 2.78 bits per heavy atom. The van der Waals surface area contributed by atoms with E-state index in [1.165, 1.54) is 25.3 Å². The van der Waals surface area contributed by atoms with E-state index >= 15 is 0 Å². The highest BCUT2D eigenvalue weighted by atomic mass is 35.5. The van der Waals surface area contributed by atoms with E-state index in [0.717, 1.165) is 13.0 Å². The topological polar surface area (TPSA) is 12.0 Å². The van der Waals surface area contributed by atoms with Crippen molar-refractivity contribution >= 4 is 23.2 Å². The van der Waals surface area contributed by atoms with E-state index in [2.05, 4.69) is 5.32 Å². The SMILES string of the molecule is Fc1cc(Cl)ccc1CNCC1CCCCC1Cl. The van der Waals surface area contributed by atoms with Gasteiger partial charge in [0, 0.05) is 22.5 Å². The lowest BCUT2D eigenvalue weighted by Gasteiger charge is -2.27. The van der Waals surface area contributed by atoms with Gasteiger partial charge in [-0.2, -0.15) is 0 Å². The molecule has 1 aromatic rings. The maximum atomic E-state index is 13.5. The molecule has 0 saturated heterocycles. The molecule has 0 amide bonds. The van der Waals surface area contributed by atoms with Gasteiger partial charge in [-0.1, -0.05) is 30.5 Å². The summed E-state index contributed by atoms with van der Waals surface area (Å²) in [5.41, 5.74) is 0.654. The largest absolute Gasteiger partial charge is 0.312 e. The summed E-state index contributed by atoms with van der Waals surface area (Å²) in [5.74, 6) is 0.261. The minimum atomic E-state index is -0.249. The Kier molecular flexibility index (Phi) is 5.28. The standard InChI is InChI=1S/C14H18Cl2FN/c15-12-6-5-11(14(17)7-12)9-18-8-10-3-1-2-4-13(10)16/h5-7,10,13,18H,1-4,8-9H2. The van der Waals surface area contributed by atoms with Gasteiger partial charge in [0.25, 0.3) is 0 Å². The van der Waals surface area contributed by atoms with Crippen molar-refractivity contribution in [2.24, 2.45) is 5.92 Å². The first kappa shape index (κ1) is 14.1. The van der Waals surface area contributed by atoms with E-state index < -0.39 is 0 Å². The van der Waals surface area contributed by atoms with Crippen LogP contribution in [0.5, 0.6) is 0 Å². The van der Waals surface area contributed by atoms with Crippen LogP contribution in [0.15, 0.2) is 18.2 Å². The predicted molar refractivity (Wildman–Crippen MR) is 74.7 cm³/mol. The number of benzene rings is 1. The zero-order chi connectivity index (χ0) is 13.0. The van der Waals surface area contributed by atoms with Crippen molar-refractivity contribution in [1.82, 2.24) is 5.32 Å². The second-order valence-electron chi connectivity index (χ2n) is 4.93. The summed E-state index contributed by atoms with van der Waals surface area (Å²) in [6, 6.07) is 4.79. The predicted octanol–water partition coefficient (Wildman–Crippen LogP) is 4.37. The van der Waals surface area contributed by atoms with Gasteiger partial charge in [-0.15, -0.1) is 11.6 Å². The third kappa shape index (κ3) is 3.84. The number of rotatable bonds is 4. The number of hydrogen-bond acceptors (Lipinski definition) is 1. The first-order valence-electron chi connectivity index (χ1n) is 6.45. The molecule has 2 rings (SSSR count). The zero-order valence-electron chi connectivity index (χ0n) is 10.3. The van der Waals surface area contributed by atoms with Gasteiger partial charge in [-0.25, -0.2) is 4.39 Å². The van der Waals surface area contributed by atoms with Crippen molar-refractivity contribution < 1.29 is 4.39 Å². The molecule has 1 saturated carbocycles. The molecule has 18 heavy (non-hydrogen) atoms. The van der Waals surface area contributed by atoms with Crippen molar-refractivity contribution in [2.75, 3.05) is 6.54 Å². The molecule has 0 aromatic heterocycles. The summed E-state index contributed by atoms with van der Waals surface area (Å²) in [7, 11) is 0. The van der Waals surface area contributed by atoms with E-state index in [-0.39, 0.29) is 11.2 Å². The fraction of sp³-hybridized carbons (Fsp3) is 0.571. The Morgan fingerprint density at radius 2 is 2.06 bits per heavy atom. The summed E-state index contributed by atoms with van der Waals surface area (Å²) in [5, 5.41) is 3.99. The third-order valence-corrected chi connectivity index (χ3v) is 4.36. The molecule has 1 fully saturated rings. The number of alkyl halides is 1. The van der Waals surface area contributed by atoms with Crippen molar-refractivity contribution in [3.05, 3.63) is 34.6 Å². The molecular formula is C14H18Cl2FN. The van der Waals surface area contributed by atoms with E-state index in [0.29, 0.717) is 23.0 Å². The minimum Gasteiger partial charge on any atom is -0.312 e. The van der Waals surface area contributed by atoms with Gasteiger partial charge in [-0.3, -0.25) is 0 Å². The third-order valence-electron chi connectivity index (χ3n) is 3.55. The van der Waals surface area contributed by atoms with Crippen LogP contribution in [0.1, 0.15) is 31.2 Å². The van der Waals surface area contributed by atoms with Crippen molar-refractivity contribution in [1.29, 1.82) is 0 Å². The van der Waals surface area contributed by atoms with Gasteiger partial charge < -0.3 is 5.32 Å². The molecule has 0 spiro atoms. The van der Waals surface area contributed by atoms with Crippen LogP contribution in [0.2, 0.25) is 5.02 Å². The Labute approximate surface area is 118 Å². The molecule has 1 aliphatic carbocycles. The van der Waals surface area contributed by atoms with Crippen molar-refractivity contribution in [3.63, 3.8) is 0 Å².